The maximum Gasteiger partial charge on any atom is 0.0153 e. The average molecular weight is 239 g/mol. The monoisotopic (exact) mass is 239 g/mol. The van der Waals surface area contributed by atoms with Gasteiger partial charge in [0.25, 0.3) is 0 Å². The first kappa shape index (κ1) is 15.0. The third-order valence-corrected chi connectivity index (χ3v) is 4.26. The number of nitrogens with one attached hydrogen (secondary N) is 1. The maximum absolute atomic E-state index is 3.80. The van der Waals surface area contributed by atoms with Crippen molar-refractivity contribution in [3.05, 3.63) is 0 Å². The van der Waals surface area contributed by atoms with Crippen molar-refractivity contribution >= 4 is 0 Å². The molecular weight excluding hydrogens is 206 g/mol. The van der Waals surface area contributed by atoms with Crippen LogP contribution in [0.25, 0.3) is 0 Å². The minimum absolute atomic E-state index is 0.426. The van der Waals surface area contributed by atoms with Gasteiger partial charge in [-0.2, -0.15) is 0 Å². The van der Waals surface area contributed by atoms with Gasteiger partial charge in [0.05, 0.1) is 0 Å². The van der Waals surface area contributed by atoms with Gasteiger partial charge in [-0.1, -0.05) is 64.7 Å². The zero-order valence-electron chi connectivity index (χ0n) is 12.2. The topological polar surface area (TPSA) is 12.0 Å². The Morgan fingerprint density at radius 2 is 1.18 bits per heavy atom. The molecule has 0 saturated heterocycles. The Hall–Kier alpha value is -0.0400. The highest BCUT2D eigenvalue weighted by Gasteiger charge is 2.21. The predicted molar refractivity (Wildman–Crippen MR) is 77.5 cm³/mol. The highest BCUT2D eigenvalue weighted by atomic mass is 15.0. The number of hydrogen-bond acceptors (Lipinski definition) is 1. The van der Waals surface area contributed by atoms with Gasteiger partial charge in [-0.15, -0.1) is 0 Å². The molecule has 0 heterocycles. The van der Waals surface area contributed by atoms with E-state index in [1.54, 1.807) is 0 Å². The van der Waals surface area contributed by atoms with Crippen LogP contribution in [0.15, 0.2) is 0 Å². The van der Waals surface area contributed by atoms with E-state index >= 15 is 0 Å². The lowest BCUT2D eigenvalue weighted by Gasteiger charge is -2.31. The third-order valence-electron chi connectivity index (χ3n) is 4.26. The van der Waals surface area contributed by atoms with Crippen LogP contribution in [0.1, 0.15) is 90.9 Å². The Morgan fingerprint density at radius 1 is 0.765 bits per heavy atom. The van der Waals surface area contributed by atoms with Crippen LogP contribution in [-0.2, 0) is 0 Å². The van der Waals surface area contributed by atoms with E-state index in [1.165, 1.54) is 83.6 Å². The van der Waals surface area contributed by atoms with E-state index in [9.17, 15) is 0 Å². The van der Waals surface area contributed by atoms with Crippen LogP contribution in [0.4, 0.5) is 0 Å². The summed E-state index contributed by atoms with van der Waals surface area (Å²) in [6.45, 7) is 5.91. The highest BCUT2D eigenvalue weighted by molar-refractivity contribution is 4.82. The van der Waals surface area contributed by atoms with Crippen molar-refractivity contribution in [3.63, 3.8) is 0 Å². The minimum Gasteiger partial charge on any atom is -0.312 e. The van der Waals surface area contributed by atoms with Crippen molar-refractivity contribution in [2.45, 2.75) is 96.4 Å². The molecule has 1 N–H and O–H groups in total. The van der Waals surface area contributed by atoms with E-state index in [0.717, 1.165) is 0 Å². The lowest BCUT2D eigenvalue weighted by Crippen LogP contribution is -2.42. The quantitative estimate of drug-likeness (QED) is 0.726. The largest absolute Gasteiger partial charge is 0.312 e. The summed E-state index contributed by atoms with van der Waals surface area (Å²) in [4.78, 5) is 0. The van der Waals surface area contributed by atoms with E-state index in [1.807, 2.05) is 0 Å². The Balaban J connectivity index is 2.35. The molecule has 1 fully saturated rings. The van der Waals surface area contributed by atoms with Crippen LogP contribution in [0.2, 0.25) is 0 Å². The fourth-order valence-electron chi connectivity index (χ4n) is 3.00. The molecule has 0 atom stereocenters. The van der Waals surface area contributed by atoms with Crippen molar-refractivity contribution in [2.24, 2.45) is 0 Å². The molecule has 1 rings (SSSR count). The highest BCUT2D eigenvalue weighted by Crippen LogP contribution is 2.24. The second kappa shape index (κ2) is 8.97. The molecule has 1 aliphatic carbocycles. The molecule has 1 heteroatoms. The first-order valence-electron chi connectivity index (χ1n) is 8.02. The second-order valence-electron chi connectivity index (χ2n) is 6.17. The molecule has 0 bridgehead atoms. The van der Waals surface area contributed by atoms with Crippen molar-refractivity contribution in [1.82, 2.24) is 5.32 Å². The zero-order chi connectivity index (χ0) is 12.4. The van der Waals surface area contributed by atoms with Gasteiger partial charge in [0.1, 0.15) is 0 Å². The van der Waals surface area contributed by atoms with Crippen LogP contribution in [-0.4, -0.2) is 12.1 Å². The molecule has 0 unspecified atom stereocenters. The molecular formula is C16H33N. The molecule has 0 amide bonds. The van der Waals surface area contributed by atoms with Crippen LogP contribution >= 0.6 is 0 Å². The van der Waals surface area contributed by atoms with Gasteiger partial charge in [-0.3, -0.25) is 0 Å². The summed E-state index contributed by atoms with van der Waals surface area (Å²) in [5.74, 6) is 0. The van der Waals surface area contributed by atoms with Crippen molar-refractivity contribution in [1.29, 1.82) is 0 Å². The Morgan fingerprint density at radius 3 is 1.59 bits per heavy atom. The molecule has 1 saturated carbocycles. The van der Waals surface area contributed by atoms with Crippen molar-refractivity contribution < 1.29 is 0 Å². The van der Waals surface area contributed by atoms with Gasteiger partial charge in [0, 0.05) is 5.54 Å². The molecule has 0 radical (unpaired) electrons. The van der Waals surface area contributed by atoms with E-state index < -0.39 is 0 Å². The summed E-state index contributed by atoms with van der Waals surface area (Å²) in [6.07, 6.45) is 17.1. The predicted octanol–water partition coefficient (Wildman–Crippen LogP) is 5.05. The summed E-state index contributed by atoms with van der Waals surface area (Å²) >= 11 is 0. The van der Waals surface area contributed by atoms with Gasteiger partial charge in [0.15, 0.2) is 0 Å². The third kappa shape index (κ3) is 7.08. The van der Waals surface area contributed by atoms with Crippen LogP contribution in [0.5, 0.6) is 0 Å². The Labute approximate surface area is 109 Å². The smallest absolute Gasteiger partial charge is 0.0153 e. The standard InChI is InChI=1S/C16H33N/c1-3-15-17-16(2)13-11-9-7-5-4-6-8-10-12-14-16/h17H,3-15H2,1-2H3. The number of rotatable bonds is 3. The van der Waals surface area contributed by atoms with Crippen LogP contribution in [0, 0.1) is 0 Å². The summed E-state index contributed by atoms with van der Waals surface area (Å²) in [5.41, 5.74) is 0.426. The van der Waals surface area contributed by atoms with Gasteiger partial charge in [-0.05, 0) is 32.7 Å². The molecule has 0 aliphatic heterocycles. The molecule has 17 heavy (non-hydrogen) atoms. The normalized spacial score (nSPS) is 23.6. The van der Waals surface area contributed by atoms with Crippen molar-refractivity contribution in [2.75, 3.05) is 6.54 Å². The van der Waals surface area contributed by atoms with Gasteiger partial charge in [0.2, 0.25) is 0 Å². The van der Waals surface area contributed by atoms with Gasteiger partial charge >= 0.3 is 0 Å². The molecule has 0 spiro atoms. The van der Waals surface area contributed by atoms with E-state index in [-0.39, 0.29) is 0 Å². The second-order valence-corrected chi connectivity index (χ2v) is 6.17. The Kier molecular flexibility index (Phi) is 7.92. The van der Waals surface area contributed by atoms with Gasteiger partial charge < -0.3 is 5.32 Å². The molecule has 102 valence electrons. The van der Waals surface area contributed by atoms with E-state index in [2.05, 4.69) is 19.2 Å². The van der Waals surface area contributed by atoms with Crippen LogP contribution < -0.4 is 5.32 Å². The Bertz CT molecular complexity index is 164. The summed E-state index contributed by atoms with van der Waals surface area (Å²) in [6, 6.07) is 0. The molecule has 1 aliphatic rings. The summed E-state index contributed by atoms with van der Waals surface area (Å²) in [7, 11) is 0. The fourth-order valence-corrected chi connectivity index (χ4v) is 3.00. The van der Waals surface area contributed by atoms with E-state index in [4.69, 9.17) is 0 Å². The SMILES string of the molecule is CCCNC1(C)CCCCCCCCCCC1. The zero-order valence-corrected chi connectivity index (χ0v) is 12.2. The molecule has 1 nitrogen and oxygen atoms in total. The van der Waals surface area contributed by atoms with Crippen molar-refractivity contribution in [3.8, 4) is 0 Å². The first-order valence-corrected chi connectivity index (χ1v) is 8.02. The lowest BCUT2D eigenvalue weighted by molar-refractivity contribution is 0.285. The summed E-state index contributed by atoms with van der Waals surface area (Å²) < 4.78 is 0. The number of hydrogen-bond donors (Lipinski definition) is 1. The van der Waals surface area contributed by atoms with E-state index in [0.29, 0.717) is 5.54 Å². The summed E-state index contributed by atoms with van der Waals surface area (Å²) in [5, 5.41) is 3.80. The van der Waals surface area contributed by atoms with Gasteiger partial charge in [-0.25, -0.2) is 0 Å². The van der Waals surface area contributed by atoms with Crippen LogP contribution in [0.3, 0.4) is 0 Å². The molecule has 0 aromatic carbocycles. The average Bonchev–Trinajstić information content (AvgIpc) is 2.32. The molecule has 0 aromatic rings. The fraction of sp³-hybridized carbons (Fsp3) is 1.00. The first-order chi connectivity index (χ1) is 8.27. The maximum atomic E-state index is 3.80. The lowest BCUT2D eigenvalue weighted by atomic mass is 9.87. The minimum atomic E-state index is 0.426. The molecule has 0 aromatic heterocycles.